The minimum atomic E-state index is -3.49. The van der Waals surface area contributed by atoms with Gasteiger partial charge in [-0.2, -0.15) is 8.42 Å². The number of rotatable bonds is 7. The van der Waals surface area contributed by atoms with Gasteiger partial charge in [0.15, 0.2) is 0 Å². The Morgan fingerprint density at radius 3 is 2.68 bits per heavy atom. The molecule has 0 bridgehead atoms. The van der Waals surface area contributed by atoms with Crippen LogP contribution in [0.1, 0.15) is 12.5 Å². The molecule has 22 heavy (non-hydrogen) atoms. The van der Waals surface area contributed by atoms with Gasteiger partial charge in [-0.05, 0) is 30.0 Å². The number of nitrogens with one attached hydrogen (secondary N) is 3. The molecule has 0 unspecified atom stereocenters. The molecule has 0 fully saturated rings. The van der Waals surface area contributed by atoms with Crippen molar-refractivity contribution < 1.29 is 13.2 Å². The van der Waals surface area contributed by atoms with E-state index in [1.54, 1.807) is 32.2 Å². The molecule has 1 aromatic carbocycles. The van der Waals surface area contributed by atoms with Gasteiger partial charge in [0.1, 0.15) is 5.75 Å². The van der Waals surface area contributed by atoms with Gasteiger partial charge in [-0.1, -0.05) is 6.92 Å². The molecule has 3 N–H and O–H groups in total. The molecule has 2 aromatic rings. The summed E-state index contributed by atoms with van der Waals surface area (Å²) >= 11 is 0. The molecule has 1 aromatic heterocycles. The zero-order valence-electron chi connectivity index (χ0n) is 12.5. The number of H-pyrrole nitrogens is 1. The molecule has 0 saturated heterocycles. The fourth-order valence-electron chi connectivity index (χ4n) is 2.10. The average Bonchev–Trinajstić information content (AvgIpc) is 2.47. The van der Waals surface area contributed by atoms with Crippen LogP contribution < -0.4 is 19.7 Å². The molecule has 7 nitrogen and oxygen atoms in total. The summed E-state index contributed by atoms with van der Waals surface area (Å²) in [5, 5.41) is 0.866. The molecule has 0 amide bonds. The van der Waals surface area contributed by atoms with Crippen LogP contribution in [0.15, 0.2) is 29.1 Å². The first-order valence-electron chi connectivity index (χ1n) is 6.89. The highest BCUT2D eigenvalue weighted by molar-refractivity contribution is 7.87. The van der Waals surface area contributed by atoms with E-state index in [9.17, 15) is 13.2 Å². The summed E-state index contributed by atoms with van der Waals surface area (Å²) in [5.41, 5.74) is 0.974. The highest BCUT2D eigenvalue weighted by Gasteiger charge is 2.08. The van der Waals surface area contributed by atoms with Crippen LogP contribution in [-0.4, -0.2) is 33.6 Å². The predicted octanol–water partition coefficient (Wildman–Crippen LogP) is 0.523. The van der Waals surface area contributed by atoms with Crippen molar-refractivity contribution in [3.63, 3.8) is 0 Å². The van der Waals surface area contributed by atoms with Crippen molar-refractivity contribution in [3.8, 4) is 5.75 Å². The van der Waals surface area contributed by atoms with Crippen molar-refractivity contribution in [2.24, 2.45) is 0 Å². The summed E-state index contributed by atoms with van der Waals surface area (Å²) in [4.78, 5) is 14.8. The summed E-state index contributed by atoms with van der Waals surface area (Å²) < 4.78 is 32.8. The van der Waals surface area contributed by atoms with Gasteiger partial charge in [0.2, 0.25) is 0 Å². The molecular formula is C14H19N3O4S. The Hall–Kier alpha value is -1.90. The average molecular weight is 325 g/mol. The maximum Gasteiger partial charge on any atom is 0.276 e. The predicted molar refractivity (Wildman–Crippen MR) is 85.4 cm³/mol. The first kappa shape index (κ1) is 16.5. The van der Waals surface area contributed by atoms with E-state index in [1.807, 2.05) is 6.07 Å². The van der Waals surface area contributed by atoms with E-state index >= 15 is 0 Å². The fraction of sp³-hybridized carbons (Fsp3) is 0.357. The Morgan fingerprint density at radius 2 is 2.00 bits per heavy atom. The molecule has 0 radical (unpaired) electrons. The normalized spacial score (nSPS) is 11.7. The molecule has 2 rings (SSSR count). The molecule has 0 aliphatic rings. The van der Waals surface area contributed by atoms with E-state index in [1.165, 1.54) is 0 Å². The Bertz CT molecular complexity index is 814. The fourth-order valence-corrected chi connectivity index (χ4v) is 2.95. The lowest BCUT2D eigenvalue weighted by Crippen LogP contribution is -2.37. The van der Waals surface area contributed by atoms with Crippen LogP contribution >= 0.6 is 0 Å². The van der Waals surface area contributed by atoms with E-state index < -0.39 is 10.2 Å². The zero-order valence-corrected chi connectivity index (χ0v) is 13.3. The zero-order chi connectivity index (χ0) is 16.2. The second-order valence-corrected chi connectivity index (χ2v) is 6.31. The van der Waals surface area contributed by atoms with Crippen molar-refractivity contribution >= 4 is 21.1 Å². The summed E-state index contributed by atoms with van der Waals surface area (Å²) in [7, 11) is -1.94. The second-order valence-electron chi connectivity index (χ2n) is 4.72. The van der Waals surface area contributed by atoms with Gasteiger partial charge in [0, 0.05) is 24.7 Å². The third-order valence-corrected chi connectivity index (χ3v) is 4.40. The lowest BCUT2D eigenvalue weighted by Gasteiger charge is -2.07. The quantitative estimate of drug-likeness (QED) is 0.691. The van der Waals surface area contributed by atoms with Crippen molar-refractivity contribution in [2.75, 3.05) is 20.2 Å². The first-order chi connectivity index (χ1) is 10.4. The number of ether oxygens (including phenoxy) is 1. The van der Waals surface area contributed by atoms with E-state index in [4.69, 9.17) is 4.74 Å². The van der Waals surface area contributed by atoms with Crippen molar-refractivity contribution in [1.82, 2.24) is 14.4 Å². The largest absolute Gasteiger partial charge is 0.497 e. The number of aromatic nitrogens is 1. The number of aromatic amines is 1. The van der Waals surface area contributed by atoms with Gasteiger partial charge in [0.25, 0.3) is 15.8 Å². The highest BCUT2D eigenvalue weighted by Crippen LogP contribution is 2.18. The summed E-state index contributed by atoms with van der Waals surface area (Å²) in [6, 6.07) is 7.15. The molecule has 8 heteroatoms. The molecule has 0 saturated carbocycles. The van der Waals surface area contributed by atoms with Gasteiger partial charge >= 0.3 is 0 Å². The number of benzene rings is 1. The number of hydrogen-bond acceptors (Lipinski definition) is 4. The van der Waals surface area contributed by atoms with Gasteiger partial charge in [-0.25, -0.2) is 9.44 Å². The van der Waals surface area contributed by atoms with E-state index in [0.29, 0.717) is 29.8 Å². The van der Waals surface area contributed by atoms with E-state index in [0.717, 1.165) is 5.39 Å². The van der Waals surface area contributed by atoms with E-state index in [2.05, 4.69) is 14.4 Å². The van der Waals surface area contributed by atoms with Crippen molar-refractivity contribution in [1.29, 1.82) is 0 Å². The van der Waals surface area contributed by atoms with Crippen LogP contribution in [0.3, 0.4) is 0 Å². The summed E-state index contributed by atoms with van der Waals surface area (Å²) in [5.74, 6) is 0.661. The van der Waals surface area contributed by atoms with Crippen molar-refractivity contribution in [2.45, 2.75) is 13.3 Å². The van der Waals surface area contributed by atoms with Crippen LogP contribution in [0.4, 0.5) is 0 Å². The summed E-state index contributed by atoms with van der Waals surface area (Å²) in [6.45, 7) is 2.16. The highest BCUT2D eigenvalue weighted by atomic mass is 32.2. The first-order valence-corrected chi connectivity index (χ1v) is 8.37. The number of pyridine rings is 1. The van der Waals surface area contributed by atoms with E-state index in [-0.39, 0.29) is 12.1 Å². The van der Waals surface area contributed by atoms with Crippen LogP contribution in [0.2, 0.25) is 0 Å². The third-order valence-electron chi connectivity index (χ3n) is 3.15. The smallest absolute Gasteiger partial charge is 0.276 e. The lowest BCUT2D eigenvalue weighted by atomic mass is 10.1. The Morgan fingerprint density at radius 1 is 1.23 bits per heavy atom. The van der Waals surface area contributed by atoms with Gasteiger partial charge < -0.3 is 9.72 Å². The topological polar surface area (TPSA) is 100 Å². The van der Waals surface area contributed by atoms with Crippen LogP contribution in [0, 0.1) is 0 Å². The van der Waals surface area contributed by atoms with Crippen LogP contribution in [0.5, 0.6) is 5.75 Å². The Balaban J connectivity index is 2.15. The third kappa shape index (κ3) is 4.06. The molecule has 0 aliphatic carbocycles. The number of hydrogen-bond donors (Lipinski definition) is 3. The van der Waals surface area contributed by atoms with Crippen LogP contribution in [-0.2, 0) is 16.6 Å². The second kappa shape index (κ2) is 6.91. The standard InChI is InChI=1S/C14H19N3O4S/c1-3-15-22(19,20)16-7-6-11-8-10-4-5-12(21-2)9-13(10)17-14(11)18/h4-5,8-9,15-16H,3,6-7H2,1-2H3,(H,17,18). The Kier molecular flexibility index (Phi) is 5.17. The molecule has 1 heterocycles. The molecule has 0 atom stereocenters. The number of fused-ring (bicyclic) bond motifs is 1. The van der Waals surface area contributed by atoms with Gasteiger partial charge in [-0.3, -0.25) is 4.79 Å². The SMILES string of the molecule is CCNS(=O)(=O)NCCc1cc2ccc(OC)cc2[nH]c1=O. The Labute approximate surface area is 128 Å². The molecular weight excluding hydrogens is 306 g/mol. The minimum Gasteiger partial charge on any atom is -0.497 e. The molecule has 120 valence electrons. The monoisotopic (exact) mass is 325 g/mol. The molecule has 0 aliphatic heterocycles. The maximum atomic E-state index is 12.0. The van der Waals surface area contributed by atoms with Crippen molar-refractivity contribution in [3.05, 3.63) is 40.2 Å². The number of methoxy groups -OCH3 is 1. The lowest BCUT2D eigenvalue weighted by molar-refractivity contribution is 0.415. The summed E-state index contributed by atoms with van der Waals surface area (Å²) in [6.07, 6.45) is 0.307. The van der Waals surface area contributed by atoms with Gasteiger partial charge in [0.05, 0.1) is 12.6 Å². The van der Waals surface area contributed by atoms with Crippen LogP contribution in [0.25, 0.3) is 10.9 Å². The van der Waals surface area contributed by atoms with Gasteiger partial charge in [-0.15, -0.1) is 0 Å². The minimum absolute atomic E-state index is 0.153. The maximum absolute atomic E-state index is 12.0. The molecule has 0 spiro atoms.